The van der Waals surface area contributed by atoms with Crippen LogP contribution in [0.5, 0.6) is 0 Å². The van der Waals surface area contributed by atoms with Crippen molar-refractivity contribution in [3.63, 3.8) is 0 Å². The third-order valence-electron chi connectivity index (χ3n) is 7.38. The van der Waals surface area contributed by atoms with Gasteiger partial charge in [0, 0.05) is 55.2 Å². The van der Waals surface area contributed by atoms with Crippen molar-refractivity contribution in [2.24, 2.45) is 0 Å². The van der Waals surface area contributed by atoms with Gasteiger partial charge >= 0.3 is 7.12 Å². The molecule has 3 fully saturated rings. The Hall–Kier alpha value is -1.58. The Morgan fingerprint density at radius 3 is 1.78 bits per heavy atom. The molecule has 0 radical (unpaired) electrons. The summed E-state index contributed by atoms with van der Waals surface area (Å²) in [5, 5.41) is 0. The Morgan fingerprint density at radius 2 is 1.22 bits per heavy atom. The predicted molar refractivity (Wildman–Crippen MR) is 152 cm³/mol. The highest BCUT2D eigenvalue weighted by atomic mass is 79.9. The molecule has 196 valence electrons. The second-order valence-corrected chi connectivity index (χ2v) is 11.5. The lowest BCUT2D eigenvalue weighted by Gasteiger charge is -2.32. The van der Waals surface area contributed by atoms with Crippen LogP contribution in [-0.4, -0.2) is 70.9 Å². The first-order valence-electron chi connectivity index (χ1n) is 13.1. The molecular formula is C28H40BBrN2O4. The predicted octanol–water partition coefficient (Wildman–Crippen LogP) is 4.89. The van der Waals surface area contributed by atoms with Gasteiger partial charge in [0.1, 0.15) is 0 Å². The zero-order chi connectivity index (χ0) is 25.6. The first kappa shape index (κ1) is 27.5. The van der Waals surface area contributed by atoms with Crippen LogP contribution in [0.15, 0.2) is 53.0 Å². The molecule has 0 aromatic heterocycles. The van der Waals surface area contributed by atoms with Crippen molar-refractivity contribution in [2.45, 2.75) is 51.7 Å². The van der Waals surface area contributed by atoms with Crippen LogP contribution >= 0.6 is 15.9 Å². The second kappa shape index (κ2) is 12.3. The number of nitrogens with zero attached hydrogens (tertiary/aromatic N) is 2. The fraction of sp³-hybridized carbons (Fsp3) is 0.571. The lowest BCUT2D eigenvalue weighted by Crippen LogP contribution is -2.41. The summed E-state index contributed by atoms with van der Waals surface area (Å²) in [6.45, 7) is 15.8. The standard InChI is InChI=1S/C17H26BNO3.C11H14BrNO/c1-16(2)17(3,4)22-18(21-16)14-7-5-8-15(13-14)19-9-6-11-20-12-10-19;12-10-3-1-4-11(9-10)13-5-2-7-14-8-6-13/h5,7-8,13H,6,9-12H2,1-4H3;1,3-4,9H,2,5-8H2. The van der Waals surface area contributed by atoms with Gasteiger partial charge in [0.2, 0.25) is 0 Å². The van der Waals surface area contributed by atoms with Crippen LogP contribution in [0.1, 0.15) is 40.5 Å². The Balaban J connectivity index is 0.000000187. The number of anilines is 2. The topological polar surface area (TPSA) is 43.4 Å². The molecule has 0 amide bonds. The van der Waals surface area contributed by atoms with Crippen molar-refractivity contribution in [3.05, 3.63) is 53.0 Å². The zero-order valence-electron chi connectivity index (χ0n) is 22.2. The van der Waals surface area contributed by atoms with Crippen molar-refractivity contribution in [3.8, 4) is 0 Å². The highest BCUT2D eigenvalue weighted by molar-refractivity contribution is 9.10. The average Bonchev–Trinajstić information content (AvgIpc) is 3.18. The fourth-order valence-electron chi connectivity index (χ4n) is 4.53. The van der Waals surface area contributed by atoms with Gasteiger partial charge in [-0.2, -0.15) is 0 Å². The van der Waals surface area contributed by atoms with E-state index in [1.54, 1.807) is 0 Å². The highest BCUT2D eigenvalue weighted by Gasteiger charge is 2.51. The molecule has 0 unspecified atom stereocenters. The number of ether oxygens (including phenoxy) is 2. The van der Waals surface area contributed by atoms with Gasteiger partial charge in [-0.3, -0.25) is 0 Å². The Labute approximate surface area is 225 Å². The minimum absolute atomic E-state index is 0.298. The van der Waals surface area contributed by atoms with E-state index in [-0.39, 0.29) is 18.3 Å². The molecule has 6 nitrogen and oxygen atoms in total. The minimum Gasteiger partial charge on any atom is -0.399 e. The third-order valence-corrected chi connectivity index (χ3v) is 7.87. The van der Waals surface area contributed by atoms with Crippen molar-refractivity contribution < 1.29 is 18.8 Å². The van der Waals surface area contributed by atoms with E-state index in [9.17, 15) is 0 Å². The van der Waals surface area contributed by atoms with E-state index in [1.807, 2.05) is 0 Å². The number of rotatable bonds is 3. The lowest BCUT2D eigenvalue weighted by atomic mass is 9.79. The van der Waals surface area contributed by atoms with Gasteiger partial charge in [0.25, 0.3) is 0 Å². The molecule has 3 aliphatic heterocycles. The largest absolute Gasteiger partial charge is 0.494 e. The molecule has 3 heterocycles. The molecule has 0 atom stereocenters. The molecule has 0 bridgehead atoms. The summed E-state index contributed by atoms with van der Waals surface area (Å²) in [6.07, 6.45) is 2.19. The molecule has 2 aromatic carbocycles. The van der Waals surface area contributed by atoms with E-state index in [0.717, 1.165) is 75.4 Å². The third kappa shape index (κ3) is 7.04. The summed E-state index contributed by atoms with van der Waals surface area (Å²) >= 11 is 3.49. The smallest absolute Gasteiger partial charge is 0.399 e. The van der Waals surface area contributed by atoms with Gasteiger partial charge in [0.15, 0.2) is 0 Å². The Bertz CT molecular complexity index is 958. The molecule has 8 heteroatoms. The van der Waals surface area contributed by atoms with E-state index in [1.165, 1.54) is 11.4 Å². The van der Waals surface area contributed by atoms with E-state index in [4.69, 9.17) is 18.8 Å². The van der Waals surface area contributed by atoms with Gasteiger partial charge in [0.05, 0.1) is 24.4 Å². The first-order valence-corrected chi connectivity index (χ1v) is 13.9. The van der Waals surface area contributed by atoms with Crippen LogP contribution in [0.4, 0.5) is 11.4 Å². The van der Waals surface area contributed by atoms with Gasteiger partial charge < -0.3 is 28.6 Å². The maximum atomic E-state index is 6.15. The summed E-state index contributed by atoms with van der Waals surface area (Å²) in [5.74, 6) is 0. The van der Waals surface area contributed by atoms with E-state index in [0.29, 0.717) is 0 Å². The van der Waals surface area contributed by atoms with E-state index < -0.39 is 0 Å². The molecule has 2 aromatic rings. The van der Waals surface area contributed by atoms with Crippen LogP contribution in [0.2, 0.25) is 0 Å². The van der Waals surface area contributed by atoms with Gasteiger partial charge in [-0.1, -0.05) is 34.1 Å². The van der Waals surface area contributed by atoms with Gasteiger partial charge in [-0.25, -0.2) is 0 Å². The average molecular weight is 559 g/mol. The van der Waals surface area contributed by atoms with E-state index in [2.05, 4.69) is 102 Å². The summed E-state index contributed by atoms with van der Waals surface area (Å²) in [5.41, 5.74) is 2.98. The molecule has 3 aliphatic rings. The van der Waals surface area contributed by atoms with Crippen molar-refractivity contribution in [2.75, 3.05) is 62.4 Å². The summed E-state index contributed by atoms with van der Waals surface area (Å²) in [4.78, 5) is 4.75. The molecule has 0 N–H and O–H groups in total. The van der Waals surface area contributed by atoms with E-state index >= 15 is 0 Å². The highest BCUT2D eigenvalue weighted by Crippen LogP contribution is 2.36. The summed E-state index contributed by atoms with van der Waals surface area (Å²) in [6, 6.07) is 16.9. The van der Waals surface area contributed by atoms with Crippen LogP contribution in [0.3, 0.4) is 0 Å². The number of hydrogen-bond donors (Lipinski definition) is 0. The SMILES string of the molecule is Brc1cccc(N2CCCOCC2)c1.CC1(C)OB(c2cccc(N3CCCOCC3)c2)OC1(C)C. The molecule has 36 heavy (non-hydrogen) atoms. The molecule has 3 saturated heterocycles. The summed E-state index contributed by atoms with van der Waals surface area (Å²) < 4.78 is 24.4. The van der Waals surface area contributed by atoms with Crippen molar-refractivity contribution >= 4 is 39.9 Å². The molecule has 0 saturated carbocycles. The van der Waals surface area contributed by atoms with Crippen LogP contribution in [0, 0.1) is 0 Å². The number of halogens is 1. The summed E-state index contributed by atoms with van der Waals surface area (Å²) in [7, 11) is -0.298. The number of benzene rings is 2. The first-order chi connectivity index (χ1) is 17.2. The van der Waals surface area contributed by atoms with Gasteiger partial charge in [-0.05, 0) is 76.3 Å². The fourth-order valence-corrected chi connectivity index (χ4v) is 4.92. The zero-order valence-corrected chi connectivity index (χ0v) is 23.8. The maximum absolute atomic E-state index is 6.15. The normalized spacial score (nSPS) is 21.9. The minimum atomic E-state index is -0.301. The van der Waals surface area contributed by atoms with Gasteiger partial charge in [-0.15, -0.1) is 0 Å². The Morgan fingerprint density at radius 1 is 0.694 bits per heavy atom. The van der Waals surface area contributed by atoms with Crippen LogP contribution in [0.25, 0.3) is 0 Å². The quantitative estimate of drug-likeness (QED) is 0.500. The maximum Gasteiger partial charge on any atom is 0.494 e. The molecule has 0 spiro atoms. The molecular weight excluding hydrogens is 519 g/mol. The Kier molecular flexibility index (Phi) is 9.39. The van der Waals surface area contributed by atoms with Crippen LogP contribution in [-0.2, 0) is 18.8 Å². The lowest BCUT2D eigenvalue weighted by molar-refractivity contribution is 0.00578. The van der Waals surface area contributed by atoms with Crippen molar-refractivity contribution in [1.29, 1.82) is 0 Å². The molecule has 5 rings (SSSR count). The monoisotopic (exact) mass is 558 g/mol. The second-order valence-electron chi connectivity index (χ2n) is 10.6. The number of hydrogen-bond acceptors (Lipinski definition) is 6. The van der Waals surface area contributed by atoms with Crippen LogP contribution < -0.4 is 15.3 Å². The van der Waals surface area contributed by atoms with Crippen molar-refractivity contribution in [1.82, 2.24) is 0 Å². The molecule has 0 aliphatic carbocycles.